The highest BCUT2D eigenvalue weighted by Gasteiger charge is 2.10. The van der Waals surface area contributed by atoms with Gasteiger partial charge in [0.15, 0.2) is 11.6 Å². The molecule has 0 unspecified atom stereocenters. The average molecular weight is 271 g/mol. The highest BCUT2D eigenvalue weighted by Crippen LogP contribution is 2.25. The minimum Gasteiger partial charge on any atom is -0.487 e. The normalized spacial score (nSPS) is 10.7. The Morgan fingerprint density at radius 2 is 2.11 bits per heavy atom. The number of hydrogen-bond acceptors (Lipinski definition) is 3. The van der Waals surface area contributed by atoms with Gasteiger partial charge in [-0.3, -0.25) is 0 Å². The van der Waals surface area contributed by atoms with Crippen molar-refractivity contribution in [2.75, 3.05) is 24.4 Å². The molecule has 0 radical (unpaired) electrons. The lowest BCUT2D eigenvalue weighted by Gasteiger charge is -2.22. The van der Waals surface area contributed by atoms with Gasteiger partial charge in [-0.1, -0.05) is 6.42 Å². The van der Waals surface area contributed by atoms with Crippen molar-refractivity contribution in [1.29, 1.82) is 0 Å². The van der Waals surface area contributed by atoms with E-state index in [1.54, 1.807) is 6.20 Å². The first kappa shape index (κ1) is 15.1. The molecule has 0 N–H and O–H groups in total. The van der Waals surface area contributed by atoms with Gasteiger partial charge >= 0.3 is 0 Å². The second-order valence-corrected chi connectivity index (χ2v) is 5.04. The van der Waals surface area contributed by atoms with E-state index in [9.17, 15) is 0 Å². The van der Waals surface area contributed by atoms with E-state index in [1.165, 1.54) is 0 Å². The third-order valence-electron chi connectivity index (χ3n) is 2.60. The second-order valence-electron chi connectivity index (χ2n) is 4.66. The van der Waals surface area contributed by atoms with Crippen LogP contribution in [0.2, 0.25) is 0 Å². The van der Waals surface area contributed by atoms with Crippen molar-refractivity contribution in [2.24, 2.45) is 0 Å². The lowest BCUT2D eigenvalue weighted by molar-refractivity contribution is 0.242. The summed E-state index contributed by atoms with van der Waals surface area (Å²) in [4.78, 5) is 6.55. The van der Waals surface area contributed by atoms with Crippen LogP contribution in [-0.2, 0) is 0 Å². The molecule has 0 aliphatic carbocycles. The lowest BCUT2D eigenvalue weighted by Crippen LogP contribution is -2.21. The number of ether oxygens (including phenoxy) is 1. The molecule has 0 spiro atoms. The largest absolute Gasteiger partial charge is 0.487 e. The maximum absolute atomic E-state index is 5.77. The molecule has 0 aliphatic heterocycles. The van der Waals surface area contributed by atoms with Crippen molar-refractivity contribution in [3.63, 3.8) is 0 Å². The van der Waals surface area contributed by atoms with Crippen LogP contribution < -0.4 is 9.64 Å². The van der Waals surface area contributed by atoms with Crippen molar-refractivity contribution >= 4 is 17.4 Å². The Kier molecular flexibility index (Phi) is 6.88. The summed E-state index contributed by atoms with van der Waals surface area (Å²) < 4.78 is 5.77. The summed E-state index contributed by atoms with van der Waals surface area (Å²) in [6, 6.07) is 3.88. The number of unbranched alkanes of at least 4 members (excludes halogenated alkanes) is 2. The monoisotopic (exact) mass is 270 g/mol. The summed E-state index contributed by atoms with van der Waals surface area (Å²) in [6.07, 6.45) is 5.32. The smallest absolute Gasteiger partial charge is 0.171 e. The van der Waals surface area contributed by atoms with Gasteiger partial charge in [0.25, 0.3) is 0 Å². The van der Waals surface area contributed by atoms with Crippen LogP contribution >= 0.6 is 11.6 Å². The maximum atomic E-state index is 5.77. The number of hydrogen-bond donors (Lipinski definition) is 0. The molecule has 0 saturated carbocycles. The minimum absolute atomic E-state index is 0.164. The Morgan fingerprint density at radius 1 is 1.33 bits per heavy atom. The topological polar surface area (TPSA) is 25.4 Å². The molecule has 1 aromatic heterocycles. The van der Waals surface area contributed by atoms with Gasteiger partial charge in [-0.15, -0.1) is 11.6 Å². The molecular weight excluding hydrogens is 248 g/mol. The predicted molar refractivity (Wildman–Crippen MR) is 77.8 cm³/mol. The van der Waals surface area contributed by atoms with Gasteiger partial charge in [0.05, 0.1) is 6.10 Å². The van der Waals surface area contributed by atoms with Crippen LogP contribution in [0.1, 0.15) is 33.1 Å². The molecule has 0 saturated heterocycles. The molecule has 1 aromatic rings. The van der Waals surface area contributed by atoms with Crippen LogP contribution in [0.4, 0.5) is 5.82 Å². The number of nitrogens with zero attached hydrogens (tertiary/aromatic N) is 2. The first-order valence-corrected chi connectivity index (χ1v) is 7.07. The van der Waals surface area contributed by atoms with Crippen LogP contribution in [-0.4, -0.2) is 30.6 Å². The minimum atomic E-state index is 0.164. The zero-order valence-corrected chi connectivity index (χ0v) is 12.3. The van der Waals surface area contributed by atoms with Crippen LogP contribution in [0.25, 0.3) is 0 Å². The van der Waals surface area contributed by atoms with Crippen molar-refractivity contribution in [3.05, 3.63) is 18.3 Å². The Morgan fingerprint density at radius 3 is 2.78 bits per heavy atom. The molecule has 0 bridgehead atoms. The number of halogens is 1. The number of alkyl halides is 1. The molecular formula is C14H23ClN2O. The Labute approximate surface area is 115 Å². The van der Waals surface area contributed by atoms with E-state index in [1.807, 2.05) is 26.0 Å². The van der Waals surface area contributed by atoms with Crippen LogP contribution in [0, 0.1) is 0 Å². The number of rotatable bonds is 8. The third-order valence-corrected chi connectivity index (χ3v) is 2.87. The second kappa shape index (κ2) is 8.20. The zero-order chi connectivity index (χ0) is 13.4. The van der Waals surface area contributed by atoms with Crippen LogP contribution in [0.3, 0.4) is 0 Å². The molecule has 3 nitrogen and oxygen atoms in total. The van der Waals surface area contributed by atoms with E-state index in [4.69, 9.17) is 16.3 Å². The first-order chi connectivity index (χ1) is 8.65. The van der Waals surface area contributed by atoms with Gasteiger partial charge in [-0.25, -0.2) is 4.98 Å². The first-order valence-electron chi connectivity index (χ1n) is 6.54. The SMILES string of the molecule is CC(C)Oc1cccnc1N(C)CCCCCCl. The molecule has 1 rings (SSSR count). The van der Waals surface area contributed by atoms with E-state index < -0.39 is 0 Å². The van der Waals surface area contributed by atoms with Crippen molar-refractivity contribution in [2.45, 2.75) is 39.2 Å². The molecule has 102 valence electrons. The van der Waals surface area contributed by atoms with Crippen molar-refractivity contribution < 1.29 is 4.74 Å². The van der Waals surface area contributed by atoms with Crippen molar-refractivity contribution in [3.8, 4) is 5.75 Å². The number of aromatic nitrogens is 1. The predicted octanol–water partition coefficient (Wildman–Crippen LogP) is 3.71. The summed E-state index contributed by atoms with van der Waals surface area (Å²) in [5, 5.41) is 0. The van der Waals surface area contributed by atoms with E-state index >= 15 is 0 Å². The Bertz CT molecular complexity index is 344. The van der Waals surface area contributed by atoms with E-state index in [-0.39, 0.29) is 6.10 Å². The molecule has 0 fully saturated rings. The number of anilines is 1. The fourth-order valence-corrected chi connectivity index (χ4v) is 1.93. The number of pyridine rings is 1. The van der Waals surface area contributed by atoms with Gasteiger partial charge < -0.3 is 9.64 Å². The summed E-state index contributed by atoms with van der Waals surface area (Å²) in [7, 11) is 2.05. The maximum Gasteiger partial charge on any atom is 0.171 e. The standard InChI is InChI=1S/C14H23ClN2O/c1-12(2)18-13-8-7-10-16-14(13)17(3)11-6-4-5-9-15/h7-8,10,12H,4-6,9,11H2,1-3H3. The summed E-state index contributed by atoms with van der Waals surface area (Å²) >= 11 is 5.67. The van der Waals surface area contributed by atoms with Gasteiger partial charge in [0.1, 0.15) is 0 Å². The summed E-state index contributed by atoms with van der Waals surface area (Å²) in [6.45, 7) is 5.02. The average Bonchev–Trinajstić information content (AvgIpc) is 2.34. The quantitative estimate of drug-likeness (QED) is 0.532. The Hall–Kier alpha value is -0.960. The Balaban J connectivity index is 2.57. The molecule has 0 atom stereocenters. The van der Waals surface area contributed by atoms with E-state index in [2.05, 4.69) is 16.9 Å². The van der Waals surface area contributed by atoms with E-state index in [0.29, 0.717) is 0 Å². The molecule has 4 heteroatoms. The fourth-order valence-electron chi connectivity index (χ4n) is 1.74. The fraction of sp³-hybridized carbons (Fsp3) is 0.643. The van der Waals surface area contributed by atoms with Gasteiger partial charge in [-0.05, 0) is 38.8 Å². The molecule has 0 aliphatic rings. The van der Waals surface area contributed by atoms with Gasteiger partial charge in [-0.2, -0.15) is 0 Å². The summed E-state index contributed by atoms with van der Waals surface area (Å²) in [5.74, 6) is 2.51. The van der Waals surface area contributed by atoms with Crippen LogP contribution in [0.5, 0.6) is 5.75 Å². The van der Waals surface area contributed by atoms with E-state index in [0.717, 1.165) is 43.3 Å². The molecule has 1 heterocycles. The summed E-state index contributed by atoms with van der Waals surface area (Å²) in [5.41, 5.74) is 0. The molecule has 18 heavy (non-hydrogen) atoms. The van der Waals surface area contributed by atoms with Gasteiger partial charge in [0, 0.05) is 25.7 Å². The van der Waals surface area contributed by atoms with Gasteiger partial charge in [0.2, 0.25) is 0 Å². The highest BCUT2D eigenvalue weighted by atomic mass is 35.5. The molecule has 0 aromatic carbocycles. The third kappa shape index (κ3) is 5.13. The van der Waals surface area contributed by atoms with Crippen LogP contribution in [0.15, 0.2) is 18.3 Å². The zero-order valence-electron chi connectivity index (χ0n) is 11.5. The molecule has 0 amide bonds. The van der Waals surface area contributed by atoms with Crippen molar-refractivity contribution in [1.82, 2.24) is 4.98 Å². The highest BCUT2D eigenvalue weighted by molar-refractivity contribution is 6.17. The lowest BCUT2D eigenvalue weighted by atomic mass is 10.2.